The second kappa shape index (κ2) is 18.6. The van der Waals surface area contributed by atoms with Crippen LogP contribution in [0.5, 0.6) is 5.75 Å². The van der Waals surface area contributed by atoms with Crippen LogP contribution in [-0.4, -0.2) is 28.8 Å². The van der Waals surface area contributed by atoms with Gasteiger partial charge in [-0.25, -0.2) is 4.79 Å². The lowest BCUT2D eigenvalue weighted by Gasteiger charge is -2.21. The Hall–Kier alpha value is -0.810. The van der Waals surface area contributed by atoms with Crippen molar-refractivity contribution >= 4 is 37.8 Å². The van der Waals surface area contributed by atoms with E-state index in [1.807, 2.05) is 0 Å². The molecule has 0 spiro atoms. The maximum absolute atomic E-state index is 11.0. The number of rotatable bonds is 19. The largest absolute Gasteiger partial charge is 0.493 e. The monoisotopic (exact) mass is 572 g/mol. The van der Waals surface area contributed by atoms with Gasteiger partial charge in [0.05, 0.1) is 13.2 Å². The van der Waals surface area contributed by atoms with Crippen LogP contribution in [0.3, 0.4) is 0 Å². The van der Waals surface area contributed by atoms with Gasteiger partial charge in [-0.2, -0.15) is 0 Å². The Bertz CT molecular complexity index is 635. The van der Waals surface area contributed by atoms with Crippen LogP contribution in [0.15, 0.2) is 36.9 Å². The molecular formula is C27H42Br2O3. The Morgan fingerprint density at radius 3 is 2.38 bits per heavy atom. The number of para-hydroxylation sites is 1. The van der Waals surface area contributed by atoms with Crippen molar-refractivity contribution in [1.82, 2.24) is 0 Å². The van der Waals surface area contributed by atoms with Crippen molar-refractivity contribution < 1.29 is 14.3 Å². The van der Waals surface area contributed by atoms with E-state index in [1.165, 1.54) is 43.7 Å². The summed E-state index contributed by atoms with van der Waals surface area (Å²) in [7, 11) is 0. The third kappa shape index (κ3) is 13.7. The predicted molar refractivity (Wildman–Crippen MR) is 143 cm³/mol. The number of ether oxygens (including phenoxy) is 2. The average Bonchev–Trinajstić information content (AvgIpc) is 2.78. The molecule has 0 N–H and O–H groups in total. The van der Waals surface area contributed by atoms with Crippen molar-refractivity contribution in [2.45, 2.75) is 100 Å². The predicted octanol–water partition coefficient (Wildman–Crippen LogP) is 8.74. The number of esters is 1. The first kappa shape index (κ1) is 29.2. The van der Waals surface area contributed by atoms with Crippen LogP contribution in [0.2, 0.25) is 0 Å². The highest BCUT2D eigenvalue weighted by atomic mass is 79.9. The molecular weight excluding hydrogens is 532 g/mol. The molecule has 32 heavy (non-hydrogen) atoms. The molecule has 3 atom stereocenters. The van der Waals surface area contributed by atoms with E-state index in [2.05, 4.69) is 76.6 Å². The molecule has 0 amide bonds. The first-order chi connectivity index (χ1) is 15.5. The fourth-order valence-electron chi connectivity index (χ4n) is 3.79. The van der Waals surface area contributed by atoms with Crippen LogP contribution in [0.1, 0.15) is 96.0 Å². The normalized spacial score (nSPS) is 13.9. The lowest BCUT2D eigenvalue weighted by atomic mass is 9.93. The summed E-state index contributed by atoms with van der Waals surface area (Å²) in [6, 6.07) is 8.44. The minimum absolute atomic E-state index is 0.344. The van der Waals surface area contributed by atoms with Crippen LogP contribution in [0.4, 0.5) is 0 Å². The summed E-state index contributed by atoms with van der Waals surface area (Å²) in [6.45, 7) is 9.14. The Morgan fingerprint density at radius 1 is 0.969 bits per heavy atom. The van der Waals surface area contributed by atoms with E-state index >= 15 is 0 Å². The van der Waals surface area contributed by atoms with Crippen molar-refractivity contribution in [3.63, 3.8) is 0 Å². The highest BCUT2D eigenvalue weighted by molar-refractivity contribution is 9.10. The van der Waals surface area contributed by atoms with Gasteiger partial charge in [0.1, 0.15) is 5.75 Å². The molecule has 0 saturated carbocycles. The van der Waals surface area contributed by atoms with Gasteiger partial charge in [-0.05, 0) is 62.5 Å². The zero-order chi connectivity index (χ0) is 23.6. The SMILES string of the molecule is C=CC(=O)OCCCCCCOc1ccccc1C(C)CC(Br)CC(Br)CCCCCC. The van der Waals surface area contributed by atoms with E-state index in [0.29, 0.717) is 22.2 Å². The number of alkyl halides is 2. The van der Waals surface area contributed by atoms with Gasteiger partial charge in [0.25, 0.3) is 0 Å². The first-order valence-corrected chi connectivity index (χ1v) is 14.1. The molecule has 182 valence electrons. The van der Waals surface area contributed by atoms with Gasteiger partial charge in [-0.3, -0.25) is 0 Å². The number of unbranched alkanes of at least 4 members (excludes halogenated alkanes) is 6. The Kier molecular flexibility index (Phi) is 17.0. The molecule has 1 rings (SSSR count). The number of benzene rings is 1. The average molecular weight is 574 g/mol. The fourth-order valence-corrected chi connectivity index (χ4v) is 6.07. The molecule has 0 aliphatic carbocycles. The minimum atomic E-state index is -0.344. The summed E-state index contributed by atoms with van der Waals surface area (Å²) in [6.07, 6.45) is 14.0. The number of hydrogen-bond acceptors (Lipinski definition) is 3. The lowest BCUT2D eigenvalue weighted by Crippen LogP contribution is -2.12. The number of halogens is 2. The fraction of sp³-hybridized carbons (Fsp3) is 0.667. The minimum Gasteiger partial charge on any atom is -0.493 e. The molecule has 0 heterocycles. The number of carbonyl (C=O) groups is 1. The highest BCUT2D eigenvalue weighted by Gasteiger charge is 2.18. The second-order valence-corrected chi connectivity index (χ2v) is 11.2. The highest BCUT2D eigenvalue weighted by Crippen LogP contribution is 2.33. The van der Waals surface area contributed by atoms with Gasteiger partial charge in [-0.15, -0.1) is 0 Å². The lowest BCUT2D eigenvalue weighted by molar-refractivity contribution is -0.137. The van der Waals surface area contributed by atoms with Gasteiger partial charge < -0.3 is 9.47 Å². The maximum Gasteiger partial charge on any atom is 0.330 e. The van der Waals surface area contributed by atoms with Gasteiger partial charge in [0.2, 0.25) is 0 Å². The molecule has 0 aromatic heterocycles. The molecule has 0 aliphatic rings. The van der Waals surface area contributed by atoms with E-state index in [1.54, 1.807) is 0 Å². The summed E-state index contributed by atoms with van der Waals surface area (Å²) >= 11 is 7.81. The maximum atomic E-state index is 11.0. The van der Waals surface area contributed by atoms with E-state index < -0.39 is 0 Å². The standard InChI is InChI=1S/C27H42Br2O3/c1-4-6-7-10-15-23(28)21-24(29)20-22(3)25-16-11-12-17-26(25)31-18-13-8-9-14-19-32-27(30)5-2/h5,11-12,16-17,22-24H,2,4,6-10,13-15,18-21H2,1,3H3. The Balaban J connectivity index is 2.33. The second-order valence-electron chi connectivity index (χ2n) is 8.59. The third-order valence-electron chi connectivity index (χ3n) is 5.65. The Labute approximate surface area is 213 Å². The van der Waals surface area contributed by atoms with Crippen LogP contribution in [0.25, 0.3) is 0 Å². The van der Waals surface area contributed by atoms with Crippen molar-refractivity contribution in [3.05, 3.63) is 42.5 Å². The molecule has 1 aromatic rings. The third-order valence-corrected chi connectivity index (χ3v) is 7.23. The molecule has 0 aliphatic heterocycles. The van der Waals surface area contributed by atoms with Crippen LogP contribution in [0, 0.1) is 0 Å². The van der Waals surface area contributed by atoms with Crippen LogP contribution < -0.4 is 4.74 Å². The van der Waals surface area contributed by atoms with Crippen LogP contribution >= 0.6 is 31.9 Å². The van der Waals surface area contributed by atoms with Gasteiger partial charge in [0.15, 0.2) is 0 Å². The van der Waals surface area contributed by atoms with Gasteiger partial charge >= 0.3 is 5.97 Å². The molecule has 0 bridgehead atoms. The number of hydrogen-bond donors (Lipinski definition) is 0. The molecule has 3 nitrogen and oxygen atoms in total. The zero-order valence-electron chi connectivity index (χ0n) is 20.0. The number of carbonyl (C=O) groups excluding carboxylic acids is 1. The van der Waals surface area contributed by atoms with Crippen molar-refractivity contribution in [2.75, 3.05) is 13.2 Å². The quantitative estimate of drug-likeness (QED) is 0.0718. The van der Waals surface area contributed by atoms with Crippen molar-refractivity contribution in [1.29, 1.82) is 0 Å². The van der Waals surface area contributed by atoms with Gasteiger partial charge in [-0.1, -0.05) is 96.2 Å². The summed E-state index contributed by atoms with van der Waals surface area (Å²) in [4.78, 5) is 12.1. The smallest absolute Gasteiger partial charge is 0.330 e. The van der Waals surface area contributed by atoms with Crippen molar-refractivity contribution in [3.8, 4) is 5.75 Å². The van der Waals surface area contributed by atoms with E-state index in [0.717, 1.165) is 50.9 Å². The van der Waals surface area contributed by atoms with E-state index in [-0.39, 0.29) is 5.97 Å². The molecule has 0 radical (unpaired) electrons. The first-order valence-electron chi connectivity index (χ1n) is 12.3. The molecule has 1 aromatic carbocycles. The molecule has 0 saturated heterocycles. The van der Waals surface area contributed by atoms with Gasteiger partial charge in [0, 0.05) is 15.7 Å². The van der Waals surface area contributed by atoms with Crippen LogP contribution in [-0.2, 0) is 9.53 Å². The van der Waals surface area contributed by atoms with E-state index in [4.69, 9.17) is 9.47 Å². The topological polar surface area (TPSA) is 35.5 Å². The summed E-state index contributed by atoms with van der Waals surface area (Å²) in [5.74, 6) is 1.10. The zero-order valence-corrected chi connectivity index (χ0v) is 23.2. The molecule has 5 heteroatoms. The van der Waals surface area contributed by atoms with E-state index in [9.17, 15) is 4.79 Å². The van der Waals surface area contributed by atoms with Crippen molar-refractivity contribution in [2.24, 2.45) is 0 Å². The molecule has 3 unspecified atom stereocenters. The summed E-state index contributed by atoms with van der Waals surface area (Å²) in [5.41, 5.74) is 1.29. The Morgan fingerprint density at radius 2 is 1.66 bits per heavy atom. The summed E-state index contributed by atoms with van der Waals surface area (Å²) < 4.78 is 11.1. The summed E-state index contributed by atoms with van der Waals surface area (Å²) in [5, 5.41) is 0. The molecule has 0 fully saturated rings.